The topological polar surface area (TPSA) is 59.2 Å². The van der Waals surface area contributed by atoms with E-state index in [2.05, 4.69) is 29.2 Å². The second kappa shape index (κ2) is 4.90. The molecule has 0 bridgehead atoms. The van der Waals surface area contributed by atoms with Crippen LogP contribution in [0.5, 0.6) is 0 Å². The minimum absolute atomic E-state index is 0.0451. The molecule has 4 nitrogen and oxygen atoms in total. The summed E-state index contributed by atoms with van der Waals surface area (Å²) in [5.41, 5.74) is 2.38. The van der Waals surface area contributed by atoms with Gasteiger partial charge in [0.1, 0.15) is 0 Å². The van der Waals surface area contributed by atoms with Gasteiger partial charge in [-0.1, -0.05) is 35.0 Å². The van der Waals surface area contributed by atoms with Crippen molar-refractivity contribution >= 4 is 0 Å². The molecule has 4 heteroatoms. The number of aromatic nitrogens is 2. The predicted octanol–water partition coefficient (Wildman–Crippen LogP) is 1.50. The van der Waals surface area contributed by atoms with Crippen molar-refractivity contribution < 1.29 is 9.63 Å². The van der Waals surface area contributed by atoms with Crippen LogP contribution in [0.1, 0.15) is 22.8 Å². The molecular formula is C12H14N2O2. The van der Waals surface area contributed by atoms with Gasteiger partial charge in [-0.15, -0.1) is 0 Å². The first kappa shape index (κ1) is 10.8. The lowest BCUT2D eigenvalue weighted by Crippen LogP contribution is -1.94. The second-order valence-corrected chi connectivity index (χ2v) is 3.74. The molecule has 0 aliphatic rings. The molecule has 1 aromatic carbocycles. The van der Waals surface area contributed by atoms with Crippen LogP contribution in [0.15, 0.2) is 28.8 Å². The Morgan fingerprint density at radius 2 is 2.00 bits per heavy atom. The van der Waals surface area contributed by atoms with Crippen LogP contribution in [0.3, 0.4) is 0 Å². The Kier molecular flexibility index (Phi) is 3.31. The monoisotopic (exact) mass is 218 g/mol. The number of aliphatic hydroxyl groups excluding tert-OH is 1. The molecule has 1 heterocycles. The van der Waals surface area contributed by atoms with Crippen molar-refractivity contribution in [3.63, 3.8) is 0 Å². The van der Waals surface area contributed by atoms with Crippen LogP contribution in [0.25, 0.3) is 0 Å². The van der Waals surface area contributed by atoms with Gasteiger partial charge in [-0.2, -0.15) is 4.98 Å². The molecule has 0 saturated carbocycles. The molecule has 0 fully saturated rings. The highest BCUT2D eigenvalue weighted by molar-refractivity contribution is 5.23. The van der Waals surface area contributed by atoms with Crippen molar-refractivity contribution in [2.24, 2.45) is 0 Å². The Labute approximate surface area is 93.9 Å². The fourth-order valence-electron chi connectivity index (χ4n) is 1.44. The second-order valence-electron chi connectivity index (χ2n) is 3.74. The van der Waals surface area contributed by atoms with E-state index < -0.39 is 0 Å². The van der Waals surface area contributed by atoms with E-state index in [9.17, 15) is 0 Å². The molecule has 16 heavy (non-hydrogen) atoms. The zero-order valence-electron chi connectivity index (χ0n) is 9.18. The van der Waals surface area contributed by atoms with E-state index in [1.54, 1.807) is 0 Å². The average Bonchev–Trinajstić information content (AvgIpc) is 2.70. The van der Waals surface area contributed by atoms with Crippen LogP contribution < -0.4 is 0 Å². The SMILES string of the molecule is Cc1ccc(Cc2nc(CCO)no2)cc1. The lowest BCUT2D eigenvalue weighted by atomic mass is 10.1. The largest absolute Gasteiger partial charge is 0.396 e. The molecule has 2 aromatic rings. The van der Waals surface area contributed by atoms with E-state index >= 15 is 0 Å². The quantitative estimate of drug-likeness (QED) is 0.845. The van der Waals surface area contributed by atoms with Gasteiger partial charge in [0.2, 0.25) is 5.89 Å². The lowest BCUT2D eigenvalue weighted by molar-refractivity contribution is 0.293. The lowest BCUT2D eigenvalue weighted by Gasteiger charge is -1.96. The van der Waals surface area contributed by atoms with Crippen molar-refractivity contribution in [1.82, 2.24) is 10.1 Å². The molecule has 0 amide bonds. The third kappa shape index (κ3) is 2.67. The molecule has 0 aliphatic heterocycles. The third-order valence-electron chi connectivity index (χ3n) is 2.32. The zero-order valence-corrected chi connectivity index (χ0v) is 9.18. The summed E-state index contributed by atoms with van der Waals surface area (Å²) in [5.74, 6) is 1.15. The van der Waals surface area contributed by atoms with Gasteiger partial charge >= 0.3 is 0 Å². The fraction of sp³-hybridized carbons (Fsp3) is 0.333. The van der Waals surface area contributed by atoms with Gasteiger partial charge in [-0.05, 0) is 12.5 Å². The molecule has 84 valence electrons. The van der Waals surface area contributed by atoms with Gasteiger partial charge in [0, 0.05) is 6.42 Å². The normalized spacial score (nSPS) is 10.6. The van der Waals surface area contributed by atoms with Crippen LogP contribution in [0.2, 0.25) is 0 Å². The van der Waals surface area contributed by atoms with Crippen LogP contribution in [0.4, 0.5) is 0 Å². The highest BCUT2D eigenvalue weighted by atomic mass is 16.5. The fourth-order valence-corrected chi connectivity index (χ4v) is 1.44. The predicted molar refractivity (Wildman–Crippen MR) is 59.1 cm³/mol. The minimum atomic E-state index is 0.0451. The van der Waals surface area contributed by atoms with E-state index in [1.807, 2.05) is 12.1 Å². The molecule has 0 atom stereocenters. The third-order valence-corrected chi connectivity index (χ3v) is 2.32. The van der Waals surface area contributed by atoms with Crippen LogP contribution >= 0.6 is 0 Å². The van der Waals surface area contributed by atoms with Gasteiger partial charge < -0.3 is 9.63 Å². The number of hydrogen-bond donors (Lipinski definition) is 1. The number of aryl methyl sites for hydroxylation is 1. The Bertz CT molecular complexity index is 448. The molecule has 0 aliphatic carbocycles. The summed E-state index contributed by atoms with van der Waals surface area (Å²) in [6.45, 7) is 2.10. The summed E-state index contributed by atoms with van der Waals surface area (Å²) in [7, 11) is 0. The molecule has 0 saturated heterocycles. The number of nitrogens with zero attached hydrogens (tertiary/aromatic N) is 2. The number of rotatable bonds is 4. The molecule has 0 spiro atoms. The van der Waals surface area contributed by atoms with Crippen molar-refractivity contribution in [2.45, 2.75) is 19.8 Å². The smallest absolute Gasteiger partial charge is 0.231 e. The maximum absolute atomic E-state index is 8.73. The average molecular weight is 218 g/mol. The minimum Gasteiger partial charge on any atom is -0.396 e. The first-order valence-electron chi connectivity index (χ1n) is 5.26. The van der Waals surface area contributed by atoms with Crippen LogP contribution in [-0.2, 0) is 12.8 Å². The standard InChI is InChI=1S/C12H14N2O2/c1-9-2-4-10(5-3-9)8-12-13-11(6-7-15)14-16-12/h2-5,15H,6-8H2,1H3. The Morgan fingerprint density at radius 3 is 2.69 bits per heavy atom. The van der Waals surface area contributed by atoms with Gasteiger partial charge in [0.15, 0.2) is 5.82 Å². The first-order chi connectivity index (χ1) is 7.78. The number of hydrogen-bond acceptors (Lipinski definition) is 4. The van der Waals surface area contributed by atoms with Crippen molar-refractivity contribution in [3.8, 4) is 0 Å². The molecule has 0 radical (unpaired) electrons. The molecule has 2 rings (SSSR count). The maximum Gasteiger partial charge on any atom is 0.231 e. The summed E-state index contributed by atoms with van der Waals surface area (Å²) >= 11 is 0. The van der Waals surface area contributed by atoms with Crippen molar-refractivity contribution in [3.05, 3.63) is 47.1 Å². The van der Waals surface area contributed by atoms with Crippen molar-refractivity contribution in [1.29, 1.82) is 0 Å². The zero-order chi connectivity index (χ0) is 11.4. The van der Waals surface area contributed by atoms with Crippen molar-refractivity contribution in [2.75, 3.05) is 6.61 Å². The van der Waals surface area contributed by atoms with Gasteiger partial charge in [0.05, 0.1) is 13.0 Å². The van der Waals surface area contributed by atoms with E-state index in [0.29, 0.717) is 24.6 Å². The summed E-state index contributed by atoms with van der Waals surface area (Å²) in [6, 6.07) is 8.21. The summed E-state index contributed by atoms with van der Waals surface area (Å²) in [4.78, 5) is 4.18. The van der Waals surface area contributed by atoms with E-state index in [4.69, 9.17) is 9.63 Å². The van der Waals surface area contributed by atoms with Crippen LogP contribution in [-0.4, -0.2) is 21.9 Å². The molecule has 1 aromatic heterocycles. The number of aliphatic hydroxyl groups is 1. The highest BCUT2D eigenvalue weighted by Gasteiger charge is 2.06. The van der Waals surface area contributed by atoms with E-state index in [1.165, 1.54) is 5.56 Å². The maximum atomic E-state index is 8.73. The Morgan fingerprint density at radius 1 is 1.25 bits per heavy atom. The first-order valence-corrected chi connectivity index (χ1v) is 5.26. The van der Waals surface area contributed by atoms with Crippen LogP contribution in [0, 0.1) is 6.92 Å². The van der Waals surface area contributed by atoms with Gasteiger partial charge in [-0.3, -0.25) is 0 Å². The summed E-state index contributed by atoms with van der Waals surface area (Å²) < 4.78 is 5.08. The molecule has 1 N–H and O–H groups in total. The van der Waals surface area contributed by atoms with E-state index in [0.717, 1.165) is 5.56 Å². The summed E-state index contributed by atoms with van der Waals surface area (Å²) in [6.07, 6.45) is 1.08. The van der Waals surface area contributed by atoms with Gasteiger partial charge in [-0.25, -0.2) is 0 Å². The molecule has 0 unspecified atom stereocenters. The Hall–Kier alpha value is -1.68. The van der Waals surface area contributed by atoms with E-state index in [-0.39, 0.29) is 6.61 Å². The number of benzene rings is 1. The highest BCUT2D eigenvalue weighted by Crippen LogP contribution is 2.09. The Balaban J connectivity index is 2.05. The summed E-state index contributed by atoms with van der Waals surface area (Å²) in [5, 5.41) is 12.5. The van der Waals surface area contributed by atoms with Gasteiger partial charge in [0.25, 0.3) is 0 Å². The molecular weight excluding hydrogens is 204 g/mol.